The molecule has 10 heavy (non-hydrogen) atoms. The van der Waals surface area contributed by atoms with Gasteiger partial charge in [0.25, 0.3) is 4.88 Å². The lowest BCUT2D eigenvalue weighted by molar-refractivity contribution is 0.0957. The average Bonchev–Trinajstić information content (AvgIpc) is 2.34. The molecule has 1 unspecified atom stereocenters. The number of halogens is 1. The summed E-state index contributed by atoms with van der Waals surface area (Å²) in [5.41, 5.74) is 2.01. The second-order valence-electron chi connectivity index (χ2n) is 1.62. The van der Waals surface area contributed by atoms with Crippen LogP contribution in [0.2, 0.25) is 0 Å². The highest BCUT2D eigenvalue weighted by Gasteiger charge is 2.18. The van der Waals surface area contributed by atoms with Crippen LogP contribution < -0.4 is 11.3 Å². The lowest BCUT2D eigenvalue weighted by atomic mass is 10.5. The van der Waals surface area contributed by atoms with Gasteiger partial charge < -0.3 is 0 Å². The molecule has 0 aliphatic carbocycles. The topological polar surface area (TPSA) is 55.1 Å². The van der Waals surface area contributed by atoms with Gasteiger partial charge in [-0.15, -0.1) is 0 Å². The van der Waals surface area contributed by atoms with Crippen LogP contribution in [-0.2, 0) is 0 Å². The van der Waals surface area contributed by atoms with Crippen LogP contribution in [-0.4, -0.2) is 5.91 Å². The van der Waals surface area contributed by atoms with E-state index in [1.54, 1.807) is 17.5 Å². The molecule has 1 heterocycles. The van der Waals surface area contributed by atoms with Crippen molar-refractivity contribution in [3.05, 3.63) is 22.4 Å². The minimum Gasteiger partial charge on any atom is -0.286 e. The van der Waals surface area contributed by atoms with Crippen molar-refractivity contribution in [2.75, 3.05) is 0 Å². The average molecular weight is 178 g/mol. The zero-order chi connectivity index (χ0) is 7.56. The predicted octanol–water partition coefficient (Wildman–Crippen LogP) is 1.04. The molecule has 5 heteroatoms. The van der Waals surface area contributed by atoms with E-state index in [4.69, 9.17) is 16.5 Å². The SMILES string of the molecule is NNC(=O)c1ccc[s+]1Cl. The van der Waals surface area contributed by atoms with Gasteiger partial charge in [-0.1, -0.05) is 0 Å². The first-order valence-electron chi connectivity index (χ1n) is 2.54. The maximum Gasteiger partial charge on any atom is 0.319 e. The second-order valence-corrected chi connectivity index (χ2v) is 3.89. The Bertz CT molecular complexity index is 248. The smallest absolute Gasteiger partial charge is 0.286 e. The Morgan fingerprint density at radius 3 is 2.90 bits per heavy atom. The molecule has 0 fully saturated rings. The Kier molecular flexibility index (Phi) is 2.26. The van der Waals surface area contributed by atoms with Crippen molar-refractivity contribution in [3.63, 3.8) is 0 Å². The number of amides is 1. The third-order valence-electron chi connectivity index (χ3n) is 1.01. The number of thiophene rings is 1. The number of hydrogen-bond donors (Lipinski definition) is 2. The first-order chi connectivity index (χ1) is 4.75. The Morgan fingerprint density at radius 1 is 1.80 bits per heavy atom. The maximum absolute atomic E-state index is 10.8. The number of hydrazine groups is 1. The van der Waals surface area contributed by atoms with Gasteiger partial charge in [-0.2, -0.15) is 0 Å². The molecule has 3 N–H and O–H groups in total. The molecule has 3 nitrogen and oxygen atoms in total. The first-order valence-corrected chi connectivity index (χ1v) is 4.66. The van der Waals surface area contributed by atoms with Crippen molar-refractivity contribution in [1.29, 1.82) is 0 Å². The minimum atomic E-state index is -0.580. The van der Waals surface area contributed by atoms with E-state index in [2.05, 4.69) is 0 Å². The Balaban J connectivity index is 2.93. The first kappa shape index (κ1) is 7.53. The summed E-state index contributed by atoms with van der Waals surface area (Å²) < 4.78 is 0. The van der Waals surface area contributed by atoms with Crippen LogP contribution in [0.1, 0.15) is 9.67 Å². The molecule has 1 aromatic rings. The van der Waals surface area contributed by atoms with Crippen LogP contribution in [0.4, 0.5) is 0 Å². The monoisotopic (exact) mass is 177 g/mol. The molecule has 0 aliphatic heterocycles. The van der Waals surface area contributed by atoms with Crippen molar-refractivity contribution in [1.82, 2.24) is 5.43 Å². The third kappa shape index (κ3) is 1.29. The second kappa shape index (κ2) is 3.01. The number of hydrogen-bond acceptors (Lipinski definition) is 2. The standard InChI is InChI=1S/C5H5ClN2OS/c6-10-3-1-2-4(10)5(9)8-7/h1-3H,7H2/p+1. The van der Waals surface area contributed by atoms with Gasteiger partial charge in [-0.25, -0.2) is 5.84 Å². The quantitative estimate of drug-likeness (QED) is 0.292. The number of carbonyl (C=O) groups is 1. The lowest BCUT2D eigenvalue weighted by Gasteiger charge is -1.87. The molecule has 54 valence electrons. The van der Waals surface area contributed by atoms with Crippen LogP contribution >= 0.6 is 20.4 Å². The van der Waals surface area contributed by atoms with Crippen LogP contribution in [0, 0.1) is 0 Å². The van der Waals surface area contributed by atoms with Crippen LogP contribution in [0.3, 0.4) is 0 Å². The minimum absolute atomic E-state index is 0.316. The van der Waals surface area contributed by atoms with E-state index in [1.807, 2.05) is 5.43 Å². The molecule has 0 saturated carbocycles. The fraction of sp³-hybridized carbons (Fsp3) is 0. The normalized spacial score (nSPS) is 11.2. The third-order valence-corrected chi connectivity index (χ3v) is 2.96. The molecule has 1 amide bonds. The van der Waals surface area contributed by atoms with Gasteiger partial charge in [0, 0.05) is 6.07 Å². The fourth-order valence-corrected chi connectivity index (χ4v) is 1.92. The van der Waals surface area contributed by atoms with Gasteiger partial charge in [-0.3, -0.25) is 10.2 Å². The molecule has 0 saturated heterocycles. The van der Waals surface area contributed by atoms with Gasteiger partial charge >= 0.3 is 5.91 Å². The molecular weight excluding hydrogens is 172 g/mol. The summed E-state index contributed by atoms with van der Waals surface area (Å²) >= 11 is 0. The van der Waals surface area contributed by atoms with E-state index in [0.717, 1.165) is 0 Å². The van der Waals surface area contributed by atoms with Gasteiger partial charge in [0.1, 0.15) is 9.68 Å². The zero-order valence-corrected chi connectivity index (χ0v) is 6.58. The number of nitrogens with two attached hydrogens (primary N) is 1. The summed E-state index contributed by atoms with van der Waals surface area (Å²) in [5.74, 6) is 4.58. The predicted molar refractivity (Wildman–Crippen MR) is 41.8 cm³/mol. The van der Waals surface area contributed by atoms with Crippen LogP contribution in [0.25, 0.3) is 0 Å². The van der Waals surface area contributed by atoms with Gasteiger partial charge in [0.05, 0.1) is 0 Å². The molecule has 1 aromatic heterocycles. The molecule has 0 aliphatic rings. The van der Waals surface area contributed by atoms with Crippen molar-refractivity contribution >= 4 is 26.3 Å². The highest BCUT2D eigenvalue weighted by atomic mass is 35.7. The van der Waals surface area contributed by atoms with Gasteiger partial charge in [0.15, 0.2) is 5.38 Å². The van der Waals surface area contributed by atoms with E-state index in [-0.39, 0.29) is 5.91 Å². The van der Waals surface area contributed by atoms with Crippen molar-refractivity contribution in [2.45, 2.75) is 0 Å². The maximum atomic E-state index is 10.8. The summed E-state index contributed by atoms with van der Waals surface area (Å²) in [4.78, 5) is 11.3. The molecule has 0 aromatic carbocycles. The molecular formula is C5H6ClN2OS+. The molecule has 1 rings (SSSR count). The van der Waals surface area contributed by atoms with E-state index >= 15 is 0 Å². The molecule has 0 radical (unpaired) electrons. The summed E-state index contributed by atoms with van der Waals surface area (Å²) in [6, 6.07) is 3.39. The highest BCUT2D eigenvalue weighted by Crippen LogP contribution is 2.27. The van der Waals surface area contributed by atoms with Crippen LogP contribution in [0.15, 0.2) is 17.5 Å². The van der Waals surface area contributed by atoms with Gasteiger partial charge in [-0.05, 0) is 6.07 Å². The summed E-state index contributed by atoms with van der Waals surface area (Å²) in [6.07, 6.45) is 0. The summed E-state index contributed by atoms with van der Waals surface area (Å²) in [5, 5.41) is 1.74. The van der Waals surface area contributed by atoms with E-state index in [1.165, 1.54) is 0 Å². The number of carbonyl (C=O) groups excluding carboxylic acids is 1. The summed E-state index contributed by atoms with van der Waals surface area (Å²) in [7, 11) is 5.13. The Labute approximate surface area is 65.2 Å². The fourth-order valence-electron chi connectivity index (χ4n) is 0.569. The van der Waals surface area contributed by atoms with Crippen LogP contribution in [0.5, 0.6) is 0 Å². The van der Waals surface area contributed by atoms with Gasteiger partial charge in [0.2, 0.25) is 10.7 Å². The summed E-state index contributed by atoms with van der Waals surface area (Å²) in [6.45, 7) is 0. The van der Waals surface area contributed by atoms with E-state index < -0.39 is 9.68 Å². The molecule has 1 atom stereocenters. The molecule has 0 spiro atoms. The highest BCUT2D eigenvalue weighted by molar-refractivity contribution is 7.61. The van der Waals surface area contributed by atoms with Crippen molar-refractivity contribution in [2.24, 2.45) is 5.84 Å². The Hall–Kier alpha value is -0.580. The zero-order valence-electron chi connectivity index (χ0n) is 5.00. The van der Waals surface area contributed by atoms with E-state index in [0.29, 0.717) is 4.88 Å². The lowest BCUT2D eigenvalue weighted by Crippen LogP contribution is -2.29. The number of nitrogen functional groups attached to an aromatic ring is 1. The van der Waals surface area contributed by atoms with Crippen molar-refractivity contribution < 1.29 is 4.79 Å². The molecule has 0 bridgehead atoms. The number of nitrogens with one attached hydrogen (secondary N) is 1. The van der Waals surface area contributed by atoms with Crippen molar-refractivity contribution in [3.8, 4) is 0 Å². The number of rotatable bonds is 1. The largest absolute Gasteiger partial charge is 0.319 e. The van der Waals surface area contributed by atoms with E-state index in [9.17, 15) is 4.79 Å². The Morgan fingerprint density at radius 2 is 2.50 bits per heavy atom.